The van der Waals surface area contributed by atoms with Crippen molar-refractivity contribution in [3.8, 4) is 5.75 Å². The number of allylic oxidation sites excluding steroid dienone is 2. The van der Waals surface area contributed by atoms with Gasteiger partial charge in [-0.25, -0.2) is 4.99 Å². The number of hydrogen-bond acceptors (Lipinski definition) is 4. The predicted octanol–water partition coefficient (Wildman–Crippen LogP) is 2.71. The summed E-state index contributed by atoms with van der Waals surface area (Å²) in [4.78, 5) is 7.16. The molecule has 1 aromatic carbocycles. The Balaban J connectivity index is 2.23. The molecule has 0 amide bonds. The van der Waals surface area contributed by atoms with Gasteiger partial charge in [0, 0.05) is 23.6 Å². The summed E-state index contributed by atoms with van der Waals surface area (Å²) in [6.07, 6.45) is -4.35. The normalized spacial score (nSPS) is 18.0. The lowest BCUT2D eigenvalue weighted by Crippen LogP contribution is -2.30. The molecule has 2 unspecified atom stereocenters. The smallest absolute Gasteiger partial charge is 0.391 e. The Kier molecular flexibility index (Phi) is 7.68. The van der Waals surface area contributed by atoms with E-state index in [1.165, 1.54) is 6.08 Å². The first-order valence-electron chi connectivity index (χ1n) is 8.83. The van der Waals surface area contributed by atoms with E-state index < -0.39 is 36.7 Å². The molecule has 30 heavy (non-hydrogen) atoms. The quantitative estimate of drug-likeness (QED) is 0.349. The number of alkyl halides is 3. The van der Waals surface area contributed by atoms with Crippen molar-refractivity contribution in [3.63, 3.8) is 0 Å². The summed E-state index contributed by atoms with van der Waals surface area (Å²) in [5, 5.41) is 20.3. The maximum atomic E-state index is 13.0. The van der Waals surface area contributed by atoms with Gasteiger partial charge in [0.2, 0.25) is 5.96 Å². The number of anilines is 1. The van der Waals surface area contributed by atoms with Crippen molar-refractivity contribution < 1.29 is 23.0 Å². The summed E-state index contributed by atoms with van der Waals surface area (Å²) in [5.41, 5.74) is 11.6. The molecule has 2 rings (SSSR count). The van der Waals surface area contributed by atoms with Crippen molar-refractivity contribution in [1.82, 2.24) is 0 Å². The van der Waals surface area contributed by atoms with Gasteiger partial charge in [-0.3, -0.25) is 5.41 Å². The molecular weight excluding hydrogens is 425 g/mol. The van der Waals surface area contributed by atoms with Gasteiger partial charge in [0.05, 0.1) is 11.6 Å². The minimum Gasteiger partial charge on any atom is -0.487 e. The highest BCUT2D eigenvalue weighted by Gasteiger charge is 2.36. The lowest BCUT2D eigenvalue weighted by molar-refractivity contribution is -0.167. The Morgan fingerprint density at radius 1 is 1.43 bits per heavy atom. The Morgan fingerprint density at radius 3 is 2.77 bits per heavy atom. The zero-order valence-corrected chi connectivity index (χ0v) is 16.8. The molecule has 12 heteroatoms. The Bertz CT molecular complexity index is 881. The summed E-state index contributed by atoms with van der Waals surface area (Å²) in [5.74, 6) is -2.22. The molecule has 0 saturated carbocycles. The average molecular weight is 447 g/mol. The molecule has 164 valence electrons. The van der Waals surface area contributed by atoms with Gasteiger partial charge in [-0.1, -0.05) is 24.6 Å². The lowest BCUT2D eigenvalue weighted by atomic mass is 10.0. The number of fused-ring (bicyclic) bond motifs is 1. The number of nitrogens with zero attached hydrogens (tertiary/aromatic N) is 2. The van der Waals surface area contributed by atoms with Crippen molar-refractivity contribution in [2.75, 3.05) is 11.9 Å². The number of nitrogens with one attached hydrogen (secondary N) is 2. The number of ether oxygens (including phenoxy) is 1. The van der Waals surface area contributed by atoms with Gasteiger partial charge in [0.25, 0.3) is 0 Å². The van der Waals surface area contributed by atoms with Gasteiger partial charge in [-0.2, -0.15) is 18.2 Å². The molecule has 1 aromatic rings. The number of benzene rings is 1. The van der Waals surface area contributed by atoms with Crippen LogP contribution in [0.4, 0.5) is 18.9 Å². The second kappa shape index (κ2) is 9.81. The van der Waals surface area contributed by atoms with Gasteiger partial charge >= 0.3 is 6.18 Å². The van der Waals surface area contributed by atoms with Crippen molar-refractivity contribution in [1.29, 1.82) is 5.41 Å². The third-order valence-electron chi connectivity index (χ3n) is 4.02. The maximum absolute atomic E-state index is 13.0. The number of rotatable bonds is 5. The monoisotopic (exact) mass is 446 g/mol. The van der Waals surface area contributed by atoms with E-state index >= 15 is 0 Å². The Labute approximate surface area is 176 Å². The maximum Gasteiger partial charge on any atom is 0.391 e. The number of hydrogen-bond donors (Lipinski definition) is 5. The van der Waals surface area contributed by atoms with Crippen LogP contribution in [0.15, 0.2) is 39.3 Å². The lowest BCUT2D eigenvalue weighted by Gasteiger charge is -2.24. The molecule has 0 aromatic heterocycles. The number of aliphatic imine (C=N–C) groups is 2. The van der Waals surface area contributed by atoms with Crippen molar-refractivity contribution in [2.24, 2.45) is 27.4 Å². The first kappa shape index (κ1) is 23.5. The molecule has 0 bridgehead atoms. The second-order valence-corrected chi connectivity index (χ2v) is 7.17. The first-order chi connectivity index (χ1) is 13.9. The zero-order valence-electron chi connectivity index (χ0n) is 16.0. The van der Waals surface area contributed by atoms with Crippen LogP contribution in [-0.4, -0.2) is 41.7 Å². The third-order valence-corrected chi connectivity index (χ3v) is 4.26. The summed E-state index contributed by atoms with van der Waals surface area (Å²) >= 11 is 6.25. The van der Waals surface area contributed by atoms with E-state index in [9.17, 15) is 18.3 Å². The van der Waals surface area contributed by atoms with Crippen molar-refractivity contribution >= 4 is 34.9 Å². The number of nitrogens with two attached hydrogens (primary N) is 2. The van der Waals surface area contributed by atoms with Gasteiger partial charge in [-0.15, -0.1) is 0 Å². The van der Waals surface area contributed by atoms with Gasteiger partial charge < -0.3 is 26.6 Å². The van der Waals surface area contributed by atoms with E-state index in [1.54, 1.807) is 18.2 Å². The molecular formula is C18H22ClF3N6O2. The van der Waals surface area contributed by atoms with Crippen molar-refractivity contribution in [2.45, 2.75) is 32.2 Å². The Morgan fingerprint density at radius 2 is 2.13 bits per heavy atom. The fourth-order valence-electron chi connectivity index (χ4n) is 2.59. The van der Waals surface area contributed by atoms with Crippen LogP contribution in [-0.2, 0) is 6.42 Å². The van der Waals surface area contributed by atoms with Crippen LogP contribution in [0.3, 0.4) is 0 Å². The predicted molar refractivity (Wildman–Crippen MR) is 110 cm³/mol. The van der Waals surface area contributed by atoms with E-state index in [-0.39, 0.29) is 23.8 Å². The highest BCUT2D eigenvalue weighted by molar-refractivity contribution is 6.31. The summed E-state index contributed by atoms with van der Waals surface area (Å²) in [7, 11) is 0. The highest BCUT2D eigenvalue weighted by Crippen LogP contribution is 2.31. The molecule has 0 saturated heterocycles. The molecule has 1 aliphatic rings. The molecule has 0 fully saturated rings. The SMILES string of the molecule is CC(CC(/C=C(/Cl)Cc1ccc2c(c1)NC(O)CO2)=NC(=N)N=C(N)N)C(F)(F)F. The van der Waals surface area contributed by atoms with E-state index in [4.69, 9.17) is 33.2 Å². The van der Waals surface area contributed by atoms with Crippen LogP contribution >= 0.6 is 11.6 Å². The summed E-state index contributed by atoms with van der Waals surface area (Å²) in [6.45, 7) is 1.12. The molecule has 8 nitrogen and oxygen atoms in total. The van der Waals surface area contributed by atoms with E-state index in [2.05, 4.69) is 15.3 Å². The Hall–Kier alpha value is -2.79. The van der Waals surface area contributed by atoms with E-state index in [0.717, 1.165) is 12.5 Å². The van der Waals surface area contributed by atoms with E-state index in [1.807, 2.05) is 0 Å². The third kappa shape index (κ3) is 7.23. The highest BCUT2D eigenvalue weighted by atomic mass is 35.5. The van der Waals surface area contributed by atoms with Crippen LogP contribution in [0.25, 0.3) is 0 Å². The molecule has 0 spiro atoms. The minimum atomic E-state index is -4.44. The standard InChI is InChI=1S/C18H22ClF3N6O2/c1-9(18(20,21)22)4-12(26-17(25)28-16(23)24)7-11(19)5-10-2-3-14-13(6-10)27-15(29)8-30-14/h2-3,6-7,9,15,27,29H,4-5,8H2,1H3,(H5,23,24,25,28)/b11-7+,26-12?. The first-order valence-corrected chi connectivity index (χ1v) is 9.20. The fourth-order valence-corrected chi connectivity index (χ4v) is 2.87. The molecule has 7 N–H and O–H groups in total. The average Bonchev–Trinajstić information content (AvgIpc) is 2.59. The summed E-state index contributed by atoms with van der Waals surface area (Å²) in [6, 6.07) is 5.15. The van der Waals surface area contributed by atoms with Gasteiger partial charge in [0.15, 0.2) is 12.2 Å². The minimum absolute atomic E-state index is 0.0883. The van der Waals surface area contributed by atoms with Crippen molar-refractivity contribution in [3.05, 3.63) is 34.9 Å². The number of halogens is 4. The molecule has 1 aliphatic heterocycles. The number of aliphatic hydroxyl groups excluding tert-OH is 1. The largest absolute Gasteiger partial charge is 0.487 e. The molecule has 2 atom stereocenters. The number of guanidine groups is 2. The van der Waals surface area contributed by atoms with Crippen LogP contribution in [0.1, 0.15) is 18.9 Å². The van der Waals surface area contributed by atoms with Gasteiger partial charge in [-0.05, 0) is 23.8 Å². The van der Waals surface area contributed by atoms with E-state index in [0.29, 0.717) is 11.4 Å². The van der Waals surface area contributed by atoms with Crippen LogP contribution in [0.5, 0.6) is 5.75 Å². The van der Waals surface area contributed by atoms with Crippen LogP contribution in [0.2, 0.25) is 0 Å². The topological polar surface area (TPSA) is 142 Å². The second-order valence-electron chi connectivity index (χ2n) is 6.68. The van der Waals surface area contributed by atoms with Crippen LogP contribution < -0.4 is 21.5 Å². The zero-order chi connectivity index (χ0) is 22.5. The molecule has 0 aliphatic carbocycles. The number of aliphatic hydroxyl groups is 1. The van der Waals surface area contributed by atoms with Gasteiger partial charge in [0.1, 0.15) is 12.4 Å². The fraction of sp³-hybridized carbons (Fsp3) is 0.389. The molecule has 0 radical (unpaired) electrons. The molecule has 1 heterocycles. The summed E-state index contributed by atoms with van der Waals surface area (Å²) < 4.78 is 44.3. The van der Waals surface area contributed by atoms with Crippen LogP contribution in [0, 0.1) is 11.3 Å².